The first kappa shape index (κ1) is 13.5. The van der Waals surface area contributed by atoms with Crippen LogP contribution < -0.4 is 5.32 Å². The van der Waals surface area contributed by atoms with Crippen molar-refractivity contribution in [3.63, 3.8) is 0 Å². The lowest BCUT2D eigenvalue weighted by Gasteiger charge is -2.25. The number of nitrogens with one attached hydrogen (secondary N) is 1. The van der Waals surface area contributed by atoms with Crippen molar-refractivity contribution in [1.82, 2.24) is 5.32 Å². The van der Waals surface area contributed by atoms with Gasteiger partial charge in [-0.25, -0.2) is 0 Å². The molecule has 1 aromatic rings. The second kappa shape index (κ2) is 5.64. The molecule has 0 unspecified atom stereocenters. The van der Waals surface area contributed by atoms with Crippen molar-refractivity contribution in [3.8, 4) is 0 Å². The van der Waals surface area contributed by atoms with Crippen LogP contribution in [0, 0.1) is 0 Å². The third kappa shape index (κ3) is 4.10. The fourth-order valence-corrected chi connectivity index (χ4v) is 1.46. The van der Waals surface area contributed by atoms with E-state index in [9.17, 15) is 5.11 Å². The summed E-state index contributed by atoms with van der Waals surface area (Å²) >= 11 is 5.83. The van der Waals surface area contributed by atoms with Gasteiger partial charge < -0.3 is 15.5 Å². The van der Waals surface area contributed by atoms with Gasteiger partial charge in [0.1, 0.15) is 0 Å². The average Bonchev–Trinajstić information content (AvgIpc) is 2.26. The van der Waals surface area contributed by atoms with Crippen molar-refractivity contribution in [3.05, 3.63) is 34.9 Å². The van der Waals surface area contributed by atoms with Gasteiger partial charge in [-0.05, 0) is 31.5 Å². The molecule has 3 nitrogen and oxygen atoms in total. The Balaban J connectivity index is 2.56. The molecule has 90 valence electrons. The largest absolute Gasteiger partial charge is 0.394 e. The van der Waals surface area contributed by atoms with Crippen molar-refractivity contribution >= 4 is 11.6 Å². The lowest BCUT2D eigenvalue weighted by molar-refractivity contribution is 0.136. The van der Waals surface area contributed by atoms with Crippen LogP contribution in [-0.4, -0.2) is 28.9 Å². The SMILES string of the molecule is CC(C)(CO)NC[C@H](O)c1cccc(Cl)c1. The predicted molar refractivity (Wildman–Crippen MR) is 65.6 cm³/mol. The monoisotopic (exact) mass is 243 g/mol. The summed E-state index contributed by atoms with van der Waals surface area (Å²) in [5, 5.41) is 22.6. The fraction of sp³-hybridized carbons (Fsp3) is 0.500. The molecule has 0 saturated carbocycles. The van der Waals surface area contributed by atoms with Crippen molar-refractivity contribution < 1.29 is 10.2 Å². The van der Waals surface area contributed by atoms with Gasteiger partial charge in [0, 0.05) is 17.1 Å². The zero-order valence-electron chi connectivity index (χ0n) is 9.57. The van der Waals surface area contributed by atoms with Crippen LogP contribution in [0.15, 0.2) is 24.3 Å². The van der Waals surface area contributed by atoms with E-state index in [4.69, 9.17) is 16.7 Å². The van der Waals surface area contributed by atoms with Gasteiger partial charge in [0.25, 0.3) is 0 Å². The van der Waals surface area contributed by atoms with Gasteiger partial charge in [-0.1, -0.05) is 23.7 Å². The summed E-state index contributed by atoms with van der Waals surface area (Å²) in [4.78, 5) is 0. The van der Waals surface area contributed by atoms with Gasteiger partial charge in [-0.2, -0.15) is 0 Å². The quantitative estimate of drug-likeness (QED) is 0.738. The Bertz CT molecular complexity index is 342. The number of halogens is 1. The Labute approximate surface area is 101 Å². The number of rotatable bonds is 5. The summed E-state index contributed by atoms with van der Waals surface area (Å²) < 4.78 is 0. The minimum atomic E-state index is -0.621. The molecule has 0 aromatic heterocycles. The number of hydrogen-bond acceptors (Lipinski definition) is 3. The van der Waals surface area contributed by atoms with Crippen LogP contribution in [0.1, 0.15) is 25.5 Å². The van der Waals surface area contributed by atoms with E-state index >= 15 is 0 Å². The van der Waals surface area contributed by atoms with Crippen LogP contribution in [0.2, 0.25) is 5.02 Å². The van der Waals surface area contributed by atoms with Crippen molar-refractivity contribution in [2.45, 2.75) is 25.5 Å². The van der Waals surface area contributed by atoms with Crippen molar-refractivity contribution in [2.75, 3.05) is 13.2 Å². The smallest absolute Gasteiger partial charge is 0.0915 e. The third-order valence-corrected chi connectivity index (χ3v) is 2.64. The average molecular weight is 244 g/mol. The molecule has 1 aromatic carbocycles. The summed E-state index contributed by atoms with van der Waals surface area (Å²) in [5.74, 6) is 0. The standard InChI is InChI=1S/C12H18ClNO2/c1-12(2,8-15)14-7-11(16)9-4-3-5-10(13)6-9/h3-6,11,14-16H,7-8H2,1-2H3/t11-/m0/s1. The second-order valence-electron chi connectivity index (χ2n) is 4.49. The maximum atomic E-state index is 9.90. The first-order valence-electron chi connectivity index (χ1n) is 5.24. The number of hydrogen-bond donors (Lipinski definition) is 3. The van der Waals surface area contributed by atoms with Crippen LogP contribution in [0.3, 0.4) is 0 Å². The Morgan fingerprint density at radius 1 is 1.44 bits per heavy atom. The highest BCUT2D eigenvalue weighted by atomic mass is 35.5. The first-order chi connectivity index (χ1) is 7.44. The van der Waals surface area contributed by atoms with Gasteiger partial charge in [0.15, 0.2) is 0 Å². The Kier molecular flexibility index (Phi) is 4.74. The highest BCUT2D eigenvalue weighted by molar-refractivity contribution is 6.30. The maximum absolute atomic E-state index is 9.90. The molecule has 0 amide bonds. The van der Waals surface area contributed by atoms with E-state index in [0.29, 0.717) is 11.6 Å². The second-order valence-corrected chi connectivity index (χ2v) is 4.93. The van der Waals surface area contributed by atoms with E-state index in [0.717, 1.165) is 5.56 Å². The van der Waals surface area contributed by atoms with E-state index in [1.807, 2.05) is 19.9 Å². The lowest BCUT2D eigenvalue weighted by Crippen LogP contribution is -2.44. The molecule has 16 heavy (non-hydrogen) atoms. The molecule has 0 spiro atoms. The van der Waals surface area contributed by atoms with Crippen molar-refractivity contribution in [2.24, 2.45) is 0 Å². The minimum Gasteiger partial charge on any atom is -0.394 e. The van der Waals surface area contributed by atoms with Crippen LogP contribution in [0.4, 0.5) is 0 Å². The fourth-order valence-electron chi connectivity index (χ4n) is 1.26. The van der Waals surface area contributed by atoms with Gasteiger partial charge in [-0.3, -0.25) is 0 Å². The summed E-state index contributed by atoms with van der Waals surface area (Å²) in [6.07, 6.45) is -0.621. The maximum Gasteiger partial charge on any atom is 0.0915 e. The van der Waals surface area contributed by atoms with Crippen LogP contribution in [0.5, 0.6) is 0 Å². The van der Waals surface area contributed by atoms with Gasteiger partial charge in [0.2, 0.25) is 0 Å². The molecule has 0 aliphatic carbocycles. The molecular formula is C12H18ClNO2. The summed E-state index contributed by atoms with van der Waals surface area (Å²) in [6.45, 7) is 4.15. The molecule has 0 fully saturated rings. The van der Waals surface area contributed by atoms with Crippen LogP contribution in [-0.2, 0) is 0 Å². The number of β-amino-alcohol motifs (C(OH)–C–C–N with tert-alkyl or cyclic N) is 1. The van der Waals surface area contributed by atoms with Gasteiger partial charge in [-0.15, -0.1) is 0 Å². The number of aliphatic hydroxyl groups is 2. The summed E-state index contributed by atoms with van der Waals surface area (Å²) in [7, 11) is 0. The number of aliphatic hydroxyl groups excluding tert-OH is 2. The van der Waals surface area contributed by atoms with E-state index in [2.05, 4.69) is 5.32 Å². The minimum absolute atomic E-state index is 0.0231. The molecule has 0 radical (unpaired) electrons. The van der Waals surface area contributed by atoms with Gasteiger partial charge >= 0.3 is 0 Å². The van der Waals surface area contributed by atoms with E-state index in [1.54, 1.807) is 18.2 Å². The molecule has 0 heterocycles. The van der Waals surface area contributed by atoms with Gasteiger partial charge in [0.05, 0.1) is 12.7 Å². The molecule has 0 aliphatic rings. The Morgan fingerprint density at radius 2 is 2.12 bits per heavy atom. The molecular weight excluding hydrogens is 226 g/mol. The zero-order valence-corrected chi connectivity index (χ0v) is 10.3. The van der Waals surface area contributed by atoms with Crippen LogP contribution >= 0.6 is 11.6 Å². The predicted octanol–water partition coefficient (Wildman–Crippen LogP) is 1.73. The molecule has 1 rings (SSSR count). The molecule has 4 heteroatoms. The Hall–Kier alpha value is -0.610. The molecule has 1 atom stereocenters. The lowest BCUT2D eigenvalue weighted by atomic mass is 10.1. The van der Waals surface area contributed by atoms with E-state index < -0.39 is 6.10 Å². The molecule has 0 aliphatic heterocycles. The first-order valence-corrected chi connectivity index (χ1v) is 5.62. The summed E-state index contributed by atoms with van der Waals surface area (Å²) in [5.41, 5.74) is 0.383. The van der Waals surface area contributed by atoms with Crippen molar-refractivity contribution in [1.29, 1.82) is 0 Å². The zero-order chi connectivity index (χ0) is 12.2. The Morgan fingerprint density at radius 3 is 2.69 bits per heavy atom. The van der Waals surface area contributed by atoms with E-state index in [-0.39, 0.29) is 12.1 Å². The highest BCUT2D eigenvalue weighted by Crippen LogP contribution is 2.17. The highest BCUT2D eigenvalue weighted by Gasteiger charge is 2.17. The van der Waals surface area contributed by atoms with E-state index in [1.165, 1.54) is 0 Å². The van der Waals surface area contributed by atoms with Crippen LogP contribution in [0.25, 0.3) is 0 Å². The topological polar surface area (TPSA) is 52.5 Å². The third-order valence-electron chi connectivity index (χ3n) is 2.40. The normalized spacial score (nSPS) is 13.8. The summed E-state index contributed by atoms with van der Waals surface area (Å²) in [6, 6.07) is 7.13. The molecule has 0 saturated heterocycles. The molecule has 3 N–H and O–H groups in total. The number of benzene rings is 1. The molecule has 0 bridgehead atoms.